The van der Waals surface area contributed by atoms with Crippen LogP contribution in [-0.2, 0) is 9.53 Å². The number of thiocarbonyl (C=S) groups is 2. The first-order valence-electron chi connectivity index (χ1n) is 6.86. The molecule has 0 atom stereocenters. The molecule has 0 saturated heterocycles. The zero-order valence-electron chi connectivity index (χ0n) is 12.9. The normalized spacial score (nSPS) is 9.70. The number of esters is 1. The zero-order valence-corrected chi connectivity index (χ0v) is 15.3. The van der Waals surface area contributed by atoms with E-state index in [-0.39, 0.29) is 5.97 Å². The number of rotatable bonds is 5. The minimum atomic E-state index is -0.244. The molecule has 0 aliphatic rings. The van der Waals surface area contributed by atoms with Crippen LogP contribution in [0.25, 0.3) is 0 Å². The van der Waals surface area contributed by atoms with E-state index in [1.807, 2.05) is 25.1 Å². The highest BCUT2D eigenvalue weighted by atomic mass is 35.5. The topological polar surface area (TPSA) is 74.4 Å². The van der Waals surface area contributed by atoms with Crippen LogP contribution in [0.15, 0.2) is 18.2 Å². The minimum absolute atomic E-state index is 0.244. The van der Waals surface area contributed by atoms with Gasteiger partial charge in [-0.1, -0.05) is 17.7 Å². The number of ether oxygens (including phenoxy) is 1. The standard InChI is InChI=1S/C14H19ClN4O2S2/c1-9-10(15)5-3-6-11(9)17-14(23)19-18-13(22)16-8-4-7-12(20)21-2/h3,5-6H,4,7-8H2,1-2H3,(H2,16,18,22)(H2,17,19,23). The molecule has 23 heavy (non-hydrogen) atoms. The Hall–Kier alpha value is -1.64. The number of halogens is 1. The third-order valence-electron chi connectivity index (χ3n) is 2.88. The Balaban J connectivity index is 2.26. The molecule has 0 amide bonds. The fraction of sp³-hybridized carbons (Fsp3) is 0.357. The van der Waals surface area contributed by atoms with Crippen LogP contribution in [-0.4, -0.2) is 29.8 Å². The van der Waals surface area contributed by atoms with Crippen molar-refractivity contribution in [2.24, 2.45) is 0 Å². The Kier molecular flexibility index (Phi) is 8.60. The van der Waals surface area contributed by atoms with Crippen molar-refractivity contribution in [1.82, 2.24) is 16.2 Å². The number of benzene rings is 1. The average molecular weight is 375 g/mol. The molecule has 126 valence electrons. The monoisotopic (exact) mass is 374 g/mol. The van der Waals surface area contributed by atoms with Crippen molar-refractivity contribution in [2.75, 3.05) is 19.0 Å². The fourth-order valence-electron chi connectivity index (χ4n) is 1.59. The van der Waals surface area contributed by atoms with Crippen molar-refractivity contribution in [3.63, 3.8) is 0 Å². The molecular formula is C14H19ClN4O2S2. The molecule has 0 saturated carbocycles. The number of nitrogens with one attached hydrogen (secondary N) is 4. The van der Waals surface area contributed by atoms with Gasteiger partial charge in [0.15, 0.2) is 10.2 Å². The van der Waals surface area contributed by atoms with Crippen molar-refractivity contribution in [2.45, 2.75) is 19.8 Å². The Labute approximate surface area is 151 Å². The summed E-state index contributed by atoms with van der Waals surface area (Å²) in [5.74, 6) is -0.244. The number of methoxy groups -OCH3 is 1. The van der Waals surface area contributed by atoms with E-state index in [1.54, 1.807) is 0 Å². The Morgan fingerprint density at radius 2 is 1.96 bits per heavy atom. The fourth-order valence-corrected chi connectivity index (χ4v) is 2.08. The Bertz CT molecular complexity index is 584. The molecule has 0 fully saturated rings. The van der Waals surface area contributed by atoms with Gasteiger partial charge >= 0.3 is 5.97 Å². The molecule has 1 rings (SSSR count). The Morgan fingerprint density at radius 1 is 1.26 bits per heavy atom. The van der Waals surface area contributed by atoms with Crippen molar-refractivity contribution in [3.8, 4) is 0 Å². The second-order valence-electron chi connectivity index (χ2n) is 4.55. The lowest BCUT2D eigenvalue weighted by molar-refractivity contribution is -0.140. The van der Waals surface area contributed by atoms with Crippen LogP contribution in [0.1, 0.15) is 18.4 Å². The summed E-state index contributed by atoms with van der Waals surface area (Å²) in [5.41, 5.74) is 7.24. The summed E-state index contributed by atoms with van der Waals surface area (Å²) in [6, 6.07) is 5.52. The van der Waals surface area contributed by atoms with Gasteiger partial charge in [-0.15, -0.1) is 0 Å². The summed E-state index contributed by atoms with van der Waals surface area (Å²) in [7, 11) is 1.36. The van der Waals surface area contributed by atoms with Gasteiger partial charge in [-0.3, -0.25) is 15.6 Å². The quantitative estimate of drug-likeness (QED) is 0.271. The summed E-state index contributed by atoms with van der Waals surface area (Å²) in [5, 5.41) is 7.36. The predicted molar refractivity (Wildman–Crippen MR) is 101 cm³/mol. The predicted octanol–water partition coefficient (Wildman–Crippen LogP) is 2.27. The van der Waals surface area contributed by atoms with E-state index < -0.39 is 0 Å². The lowest BCUT2D eigenvalue weighted by Crippen LogP contribution is -2.48. The first-order chi connectivity index (χ1) is 10.9. The summed E-state index contributed by atoms with van der Waals surface area (Å²) in [6.07, 6.45) is 0.965. The first kappa shape index (κ1) is 19.4. The zero-order chi connectivity index (χ0) is 17.2. The summed E-state index contributed by atoms with van der Waals surface area (Å²) < 4.78 is 4.55. The van der Waals surface area contributed by atoms with Gasteiger partial charge in [0.2, 0.25) is 0 Å². The lowest BCUT2D eigenvalue weighted by Gasteiger charge is -2.15. The molecule has 0 aromatic heterocycles. The van der Waals surface area contributed by atoms with Crippen molar-refractivity contribution >= 4 is 57.9 Å². The molecule has 0 aliphatic heterocycles. The van der Waals surface area contributed by atoms with Crippen molar-refractivity contribution < 1.29 is 9.53 Å². The SMILES string of the molecule is COC(=O)CCCNC(=S)NNC(=S)Nc1cccc(Cl)c1C. The summed E-state index contributed by atoms with van der Waals surface area (Å²) >= 11 is 16.3. The lowest BCUT2D eigenvalue weighted by atomic mass is 10.2. The second kappa shape index (κ2) is 10.2. The number of carbonyl (C=O) groups excluding carboxylic acids is 1. The first-order valence-corrected chi connectivity index (χ1v) is 8.06. The summed E-state index contributed by atoms with van der Waals surface area (Å²) in [4.78, 5) is 11.0. The molecule has 4 N–H and O–H groups in total. The van der Waals surface area contributed by atoms with Crippen LogP contribution in [0.3, 0.4) is 0 Å². The maximum atomic E-state index is 11.0. The highest BCUT2D eigenvalue weighted by molar-refractivity contribution is 7.80. The van der Waals surface area contributed by atoms with Gasteiger partial charge in [-0.25, -0.2) is 0 Å². The van der Waals surface area contributed by atoms with Crippen LogP contribution in [0.4, 0.5) is 5.69 Å². The van der Waals surface area contributed by atoms with E-state index in [2.05, 4.69) is 26.2 Å². The average Bonchev–Trinajstić information content (AvgIpc) is 2.53. The van der Waals surface area contributed by atoms with Gasteiger partial charge in [0.05, 0.1) is 7.11 Å². The molecule has 0 bridgehead atoms. The van der Waals surface area contributed by atoms with E-state index in [0.29, 0.717) is 34.6 Å². The molecule has 1 aromatic carbocycles. The van der Waals surface area contributed by atoms with Crippen molar-refractivity contribution in [3.05, 3.63) is 28.8 Å². The van der Waals surface area contributed by atoms with Crippen LogP contribution < -0.4 is 21.5 Å². The van der Waals surface area contributed by atoms with Crippen LogP contribution in [0, 0.1) is 6.92 Å². The molecule has 0 radical (unpaired) electrons. The molecule has 9 heteroatoms. The molecule has 1 aromatic rings. The van der Waals surface area contributed by atoms with Crippen LogP contribution in [0.2, 0.25) is 5.02 Å². The number of hydrogen-bond acceptors (Lipinski definition) is 4. The summed E-state index contributed by atoms with van der Waals surface area (Å²) in [6.45, 7) is 2.45. The number of hydrogen-bond donors (Lipinski definition) is 4. The van der Waals surface area contributed by atoms with Gasteiger partial charge in [0, 0.05) is 23.7 Å². The smallest absolute Gasteiger partial charge is 0.305 e. The maximum Gasteiger partial charge on any atom is 0.305 e. The minimum Gasteiger partial charge on any atom is -0.469 e. The number of hydrazine groups is 1. The molecule has 0 aliphatic carbocycles. The number of anilines is 1. The van der Waals surface area contributed by atoms with E-state index in [1.165, 1.54) is 7.11 Å². The third kappa shape index (κ3) is 7.45. The third-order valence-corrected chi connectivity index (χ3v) is 3.74. The van der Waals surface area contributed by atoms with Gasteiger partial charge in [0.1, 0.15) is 0 Å². The molecular weight excluding hydrogens is 356 g/mol. The van der Waals surface area contributed by atoms with E-state index >= 15 is 0 Å². The largest absolute Gasteiger partial charge is 0.469 e. The Morgan fingerprint density at radius 3 is 2.65 bits per heavy atom. The van der Waals surface area contributed by atoms with E-state index in [4.69, 9.17) is 36.0 Å². The van der Waals surface area contributed by atoms with Gasteiger partial charge in [0.25, 0.3) is 0 Å². The highest BCUT2D eigenvalue weighted by Crippen LogP contribution is 2.22. The van der Waals surface area contributed by atoms with Crippen LogP contribution >= 0.6 is 36.0 Å². The molecule has 6 nitrogen and oxygen atoms in total. The van der Waals surface area contributed by atoms with E-state index in [0.717, 1.165) is 11.3 Å². The molecule has 0 unspecified atom stereocenters. The van der Waals surface area contributed by atoms with E-state index in [9.17, 15) is 4.79 Å². The highest BCUT2D eigenvalue weighted by Gasteiger charge is 2.04. The molecule has 0 heterocycles. The van der Waals surface area contributed by atoms with Crippen molar-refractivity contribution in [1.29, 1.82) is 0 Å². The number of carbonyl (C=O) groups is 1. The maximum absolute atomic E-state index is 11.0. The van der Waals surface area contributed by atoms with Gasteiger partial charge < -0.3 is 15.4 Å². The molecule has 0 spiro atoms. The van der Waals surface area contributed by atoms with Crippen LogP contribution in [0.5, 0.6) is 0 Å². The van der Waals surface area contributed by atoms with Gasteiger partial charge in [-0.05, 0) is 55.5 Å². The second-order valence-corrected chi connectivity index (χ2v) is 5.78. The van der Waals surface area contributed by atoms with Gasteiger partial charge in [-0.2, -0.15) is 0 Å².